The number of amides is 2. The summed E-state index contributed by atoms with van der Waals surface area (Å²) in [6.07, 6.45) is 8.42. The highest BCUT2D eigenvalue weighted by atomic mass is 16.5. The Hall–Kier alpha value is -3.62. The van der Waals surface area contributed by atoms with Gasteiger partial charge in [-0.1, -0.05) is 19.3 Å². The highest BCUT2D eigenvalue weighted by Crippen LogP contribution is 2.27. The third kappa shape index (κ3) is 5.42. The van der Waals surface area contributed by atoms with E-state index in [0.29, 0.717) is 23.8 Å². The lowest BCUT2D eigenvalue weighted by Crippen LogP contribution is -2.50. The molecule has 0 unspecified atom stereocenters. The predicted octanol–water partition coefficient (Wildman–Crippen LogP) is 3.38. The van der Waals surface area contributed by atoms with Crippen molar-refractivity contribution in [2.24, 2.45) is 5.92 Å². The van der Waals surface area contributed by atoms with Crippen LogP contribution in [0.15, 0.2) is 41.2 Å². The fourth-order valence-electron chi connectivity index (χ4n) is 4.13. The van der Waals surface area contributed by atoms with Crippen molar-refractivity contribution < 1.29 is 18.7 Å². The van der Waals surface area contributed by atoms with Gasteiger partial charge in [-0.15, -0.1) is 0 Å². The molecule has 3 N–H and O–H groups in total. The Kier molecular flexibility index (Phi) is 7.07. The van der Waals surface area contributed by atoms with Crippen LogP contribution in [0.2, 0.25) is 0 Å². The van der Waals surface area contributed by atoms with Crippen molar-refractivity contribution in [2.75, 3.05) is 7.05 Å². The number of hydrogen-bond acceptors (Lipinski definition) is 6. The zero-order valence-electron chi connectivity index (χ0n) is 18.9. The Morgan fingerprint density at radius 3 is 2.67 bits per heavy atom. The van der Waals surface area contributed by atoms with Crippen LogP contribution in [-0.4, -0.2) is 39.9 Å². The molecular weight excluding hydrogens is 422 g/mol. The van der Waals surface area contributed by atoms with Crippen molar-refractivity contribution in [1.29, 1.82) is 0 Å². The fourth-order valence-corrected chi connectivity index (χ4v) is 4.13. The van der Waals surface area contributed by atoms with Gasteiger partial charge in [0.25, 0.3) is 5.91 Å². The number of nitrogens with one attached hydrogen (secondary N) is 3. The van der Waals surface area contributed by atoms with Crippen LogP contribution in [0, 0.1) is 12.8 Å². The van der Waals surface area contributed by atoms with Gasteiger partial charge in [-0.2, -0.15) is 0 Å². The smallest absolute Gasteiger partial charge is 0.287 e. The molecule has 1 aliphatic carbocycles. The number of aromatic amines is 1. The van der Waals surface area contributed by atoms with E-state index in [1.807, 2.05) is 6.92 Å². The van der Waals surface area contributed by atoms with E-state index in [0.717, 1.165) is 37.1 Å². The molecule has 1 saturated carbocycles. The van der Waals surface area contributed by atoms with Crippen molar-refractivity contribution in [1.82, 2.24) is 25.6 Å². The first-order valence-electron chi connectivity index (χ1n) is 11.3. The summed E-state index contributed by atoms with van der Waals surface area (Å²) >= 11 is 0. The van der Waals surface area contributed by atoms with Crippen LogP contribution in [0.3, 0.4) is 0 Å². The normalized spacial score (nSPS) is 15.1. The Labute approximate surface area is 192 Å². The van der Waals surface area contributed by atoms with E-state index >= 15 is 0 Å². The fraction of sp³-hybridized carbons (Fsp3) is 0.417. The van der Waals surface area contributed by atoms with Gasteiger partial charge in [-0.25, -0.2) is 9.97 Å². The van der Waals surface area contributed by atoms with Gasteiger partial charge < -0.3 is 24.8 Å². The number of pyridine rings is 1. The van der Waals surface area contributed by atoms with Crippen molar-refractivity contribution in [3.05, 3.63) is 53.9 Å². The number of carbonyl (C=O) groups is 2. The first-order valence-corrected chi connectivity index (χ1v) is 11.3. The summed E-state index contributed by atoms with van der Waals surface area (Å²) in [5, 5.41) is 5.54. The molecule has 0 saturated heterocycles. The van der Waals surface area contributed by atoms with Gasteiger partial charge in [-0.3, -0.25) is 9.59 Å². The number of H-pyrrole nitrogens is 1. The molecule has 1 aliphatic rings. The number of carbonyl (C=O) groups excluding carboxylic acids is 2. The molecule has 0 radical (unpaired) electrons. The predicted molar refractivity (Wildman–Crippen MR) is 121 cm³/mol. The maximum Gasteiger partial charge on any atom is 0.287 e. The van der Waals surface area contributed by atoms with Gasteiger partial charge in [0, 0.05) is 7.05 Å². The number of furan rings is 1. The summed E-state index contributed by atoms with van der Waals surface area (Å²) in [5.74, 6) is 0.770. The first kappa shape index (κ1) is 22.6. The number of nitrogens with zero attached hydrogens (tertiary/aromatic N) is 2. The second-order valence-electron chi connectivity index (χ2n) is 8.26. The molecule has 2 amide bonds. The van der Waals surface area contributed by atoms with Gasteiger partial charge in [-0.05, 0) is 49.9 Å². The van der Waals surface area contributed by atoms with Crippen LogP contribution in [0.5, 0.6) is 5.75 Å². The quantitative estimate of drug-likeness (QED) is 0.483. The Morgan fingerprint density at radius 2 is 2.00 bits per heavy atom. The van der Waals surface area contributed by atoms with Crippen LogP contribution in [0.25, 0.3) is 11.5 Å². The monoisotopic (exact) mass is 451 g/mol. The molecule has 174 valence electrons. The van der Waals surface area contributed by atoms with Crippen LogP contribution in [0.1, 0.15) is 54.0 Å². The summed E-state index contributed by atoms with van der Waals surface area (Å²) in [5.41, 5.74) is 2.38. The summed E-state index contributed by atoms with van der Waals surface area (Å²) < 4.78 is 11.5. The Balaban J connectivity index is 1.39. The van der Waals surface area contributed by atoms with Gasteiger partial charge in [0.05, 0.1) is 23.9 Å². The molecule has 3 aromatic rings. The molecule has 3 aromatic heterocycles. The second-order valence-corrected chi connectivity index (χ2v) is 8.26. The maximum absolute atomic E-state index is 12.8. The maximum atomic E-state index is 12.8. The Bertz CT molecular complexity index is 1080. The van der Waals surface area contributed by atoms with Gasteiger partial charge in [0.15, 0.2) is 11.5 Å². The molecule has 33 heavy (non-hydrogen) atoms. The minimum atomic E-state index is -0.565. The largest absolute Gasteiger partial charge is 0.486 e. The van der Waals surface area contributed by atoms with E-state index in [4.69, 9.17) is 9.15 Å². The number of hydrogen-bond donors (Lipinski definition) is 3. The SMILES string of the molecule is CNC(=O)[C@@H](NC(=O)c1ccc(-c2ccc(OCc3[nH]cnc3C)cn2)o1)C1CCCCC1. The highest BCUT2D eigenvalue weighted by molar-refractivity contribution is 5.96. The van der Waals surface area contributed by atoms with Crippen LogP contribution in [-0.2, 0) is 11.4 Å². The van der Waals surface area contributed by atoms with Crippen LogP contribution in [0.4, 0.5) is 0 Å². The molecule has 1 fully saturated rings. The lowest BCUT2D eigenvalue weighted by Gasteiger charge is -2.29. The summed E-state index contributed by atoms with van der Waals surface area (Å²) in [4.78, 5) is 36.8. The van der Waals surface area contributed by atoms with Crippen LogP contribution < -0.4 is 15.4 Å². The average Bonchev–Trinajstić information content (AvgIpc) is 3.51. The molecule has 1 atom stereocenters. The highest BCUT2D eigenvalue weighted by Gasteiger charge is 2.31. The summed E-state index contributed by atoms with van der Waals surface area (Å²) in [6.45, 7) is 2.28. The van der Waals surface area contributed by atoms with E-state index in [-0.39, 0.29) is 17.6 Å². The van der Waals surface area contributed by atoms with E-state index in [9.17, 15) is 9.59 Å². The number of aryl methyl sites for hydroxylation is 1. The summed E-state index contributed by atoms with van der Waals surface area (Å²) in [7, 11) is 1.59. The van der Waals surface area contributed by atoms with E-state index in [1.165, 1.54) is 6.42 Å². The minimum absolute atomic E-state index is 0.136. The second kappa shape index (κ2) is 10.3. The molecule has 3 heterocycles. The minimum Gasteiger partial charge on any atom is -0.486 e. The van der Waals surface area contributed by atoms with Crippen molar-refractivity contribution in [2.45, 2.75) is 51.7 Å². The number of likely N-dealkylation sites (N-methyl/N-ethyl adjacent to an activating group) is 1. The zero-order chi connectivity index (χ0) is 23.2. The van der Waals surface area contributed by atoms with E-state index < -0.39 is 11.9 Å². The van der Waals surface area contributed by atoms with E-state index in [2.05, 4.69) is 25.6 Å². The number of aromatic nitrogens is 3. The first-order chi connectivity index (χ1) is 16.0. The lowest BCUT2D eigenvalue weighted by atomic mass is 9.83. The van der Waals surface area contributed by atoms with Crippen LogP contribution >= 0.6 is 0 Å². The van der Waals surface area contributed by atoms with Gasteiger partial charge in [0.2, 0.25) is 5.91 Å². The molecule has 0 aliphatic heterocycles. The summed E-state index contributed by atoms with van der Waals surface area (Å²) in [6, 6.07) is 6.29. The molecule has 0 aromatic carbocycles. The molecule has 9 heteroatoms. The third-order valence-electron chi connectivity index (χ3n) is 6.07. The topological polar surface area (TPSA) is 122 Å². The van der Waals surface area contributed by atoms with Crippen molar-refractivity contribution in [3.8, 4) is 17.2 Å². The lowest BCUT2D eigenvalue weighted by molar-refractivity contribution is -0.124. The van der Waals surface area contributed by atoms with Gasteiger partial charge in [0.1, 0.15) is 24.1 Å². The number of imidazole rings is 1. The Morgan fingerprint density at radius 1 is 1.18 bits per heavy atom. The number of ether oxygens (including phenoxy) is 1. The third-order valence-corrected chi connectivity index (χ3v) is 6.07. The molecule has 4 rings (SSSR count). The van der Waals surface area contributed by atoms with E-state index in [1.54, 1.807) is 43.8 Å². The number of rotatable bonds is 8. The zero-order valence-corrected chi connectivity index (χ0v) is 18.9. The standard InChI is InChI=1S/C24H29N5O4/c1-15-19(28-14-27-15)13-32-17-8-9-18(26-12-17)20-10-11-21(33-20)23(30)29-22(24(31)25-2)16-6-4-3-5-7-16/h8-12,14,16,22H,3-7,13H2,1-2H3,(H,25,31)(H,27,28)(H,29,30)/t22-/m0/s1. The molecule has 0 bridgehead atoms. The average molecular weight is 452 g/mol. The van der Waals surface area contributed by atoms with Crippen molar-refractivity contribution in [3.63, 3.8) is 0 Å². The van der Waals surface area contributed by atoms with Crippen molar-refractivity contribution >= 4 is 11.8 Å². The molecule has 0 spiro atoms. The molecular formula is C24H29N5O4. The molecule has 9 nitrogen and oxygen atoms in total. The van der Waals surface area contributed by atoms with Gasteiger partial charge >= 0.3 is 0 Å².